The predicted octanol–water partition coefficient (Wildman–Crippen LogP) is 2.41. The van der Waals surface area contributed by atoms with Gasteiger partial charge in [0.1, 0.15) is 5.52 Å². The van der Waals surface area contributed by atoms with E-state index in [2.05, 4.69) is 44.3 Å². The monoisotopic (exact) mass is 225 g/mol. The summed E-state index contributed by atoms with van der Waals surface area (Å²) >= 11 is 3.50. The smallest absolute Gasteiger partial charge is 0.112 e. The number of nitrogens with one attached hydrogen (secondary N) is 1. The second-order valence-corrected chi connectivity index (χ2v) is 4.08. The average molecular weight is 226 g/mol. The van der Waals surface area contributed by atoms with Crippen LogP contribution in [-0.2, 0) is 0 Å². The molecule has 0 amide bonds. The summed E-state index contributed by atoms with van der Waals surface area (Å²) in [4.78, 5) is 0.366. The number of benzene rings is 1. The van der Waals surface area contributed by atoms with Gasteiger partial charge in [0.2, 0.25) is 0 Å². The zero-order valence-corrected chi connectivity index (χ0v) is 8.17. The van der Waals surface area contributed by atoms with Crippen molar-refractivity contribution in [3.05, 3.63) is 23.8 Å². The molecule has 12 heavy (non-hydrogen) atoms. The van der Waals surface area contributed by atoms with Crippen LogP contribution in [0.1, 0.15) is 17.3 Å². The van der Waals surface area contributed by atoms with Crippen LogP contribution < -0.4 is 0 Å². The lowest BCUT2D eigenvalue weighted by Gasteiger charge is -2.01. The predicted molar refractivity (Wildman–Crippen MR) is 51.2 cm³/mol. The third-order valence-electron chi connectivity index (χ3n) is 1.81. The molecule has 0 fully saturated rings. The molecule has 0 saturated heterocycles. The molecule has 0 saturated carbocycles. The molecule has 0 spiro atoms. The number of aromatic amines is 1. The normalized spacial score (nSPS) is 13.5. The van der Waals surface area contributed by atoms with Gasteiger partial charge in [-0.15, -0.1) is 5.10 Å². The van der Waals surface area contributed by atoms with Crippen molar-refractivity contribution in [2.75, 3.05) is 0 Å². The van der Waals surface area contributed by atoms with Gasteiger partial charge in [0.05, 0.1) is 5.52 Å². The first kappa shape index (κ1) is 7.73. The highest BCUT2D eigenvalue weighted by atomic mass is 79.9. The van der Waals surface area contributed by atoms with E-state index in [0.717, 1.165) is 11.0 Å². The van der Waals surface area contributed by atoms with Gasteiger partial charge < -0.3 is 0 Å². The number of rotatable bonds is 1. The van der Waals surface area contributed by atoms with E-state index in [-0.39, 0.29) is 0 Å². The maximum atomic E-state index is 3.90. The number of hydrogen-bond acceptors (Lipinski definition) is 2. The summed E-state index contributed by atoms with van der Waals surface area (Å²) in [5.74, 6) is 0. The van der Waals surface area contributed by atoms with Gasteiger partial charge in [-0.25, -0.2) is 0 Å². The van der Waals surface area contributed by atoms with Crippen molar-refractivity contribution in [1.82, 2.24) is 15.4 Å². The van der Waals surface area contributed by atoms with Crippen molar-refractivity contribution >= 4 is 27.0 Å². The summed E-state index contributed by atoms with van der Waals surface area (Å²) in [5, 5.41) is 10.4. The van der Waals surface area contributed by atoms with Crippen molar-refractivity contribution in [2.45, 2.75) is 11.8 Å². The Morgan fingerprint density at radius 1 is 1.50 bits per heavy atom. The molecule has 0 aliphatic carbocycles. The van der Waals surface area contributed by atoms with E-state index in [1.807, 2.05) is 12.1 Å². The van der Waals surface area contributed by atoms with Gasteiger partial charge in [-0.1, -0.05) is 27.2 Å². The van der Waals surface area contributed by atoms with Gasteiger partial charge >= 0.3 is 0 Å². The first-order valence-electron chi connectivity index (χ1n) is 3.72. The second kappa shape index (κ2) is 2.86. The van der Waals surface area contributed by atoms with Crippen LogP contribution in [0.15, 0.2) is 18.2 Å². The molecule has 4 heteroatoms. The summed E-state index contributed by atoms with van der Waals surface area (Å²) in [6.45, 7) is 2.09. The van der Waals surface area contributed by atoms with Crippen LogP contribution in [0.25, 0.3) is 11.0 Å². The van der Waals surface area contributed by atoms with Gasteiger partial charge in [-0.2, -0.15) is 0 Å². The lowest BCUT2D eigenvalue weighted by atomic mass is 10.1. The van der Waals surface area contributed by atoms with Crippen LogP contribution in [0.3, 0.4) is 0 Å². The van der Waals surface area contributed by atoms with Gasteiger partial charge in [-0.05, 0) is 24.6 Å². The quantitative estimate of drug-likeness (QED) is 0.758. The van der Waals surface area contributed by atoms with E-state index >= 15 is 0 Å². The molecule has 3 nitrogen and oxygen atoms in total. The van der Waals surface area contributed by atoms with E-state index in [4.69, 9.17) is 0 Å². The Balaban J connectivity index is 2.60. The highest BCUT2D eigenvalue weighted by Gasteiger charge is 2.02. The topological polar surface area (TPSA) is 41.6 Å². The number of alkyl halides is 1. The molecule has 0 bridgehead atoms. The van der Waals surface area contributed by atoms with Crippen LogP contribution in [0.4, 0.5) is 0 Å². The van der Waals surface area contributed by atoms with Gasteiger partial charge in [0.15, 0.2) is 0 Å². The molecule has 1 heterocycles. The molecule has 0 radical (unpaired) electrons. The molecule has 1 atom stereocenters. The maximum Gasteiger partial charge on any atom is 0.112 e. The lowest BCUT2D eigenvalue weighted by Crippen LogP contribution is -1.82. The second-order valence-electron chi connectivity index (χ2n) is 2.70. The van der Waals surface area contributed by atoms with Crippen molar-refractivity contribution in [2.24, 2.45) is 0 Å². The number of fused-ring (bicyclic) bond motifs is 1. The maximum absolute atomic E-state index is 3.90. The fraction of sp³-hybridized carbons (Fsp3) is 0.250. The molecule has 0 aliphatic heterocycles. The summed E-state index contributed by atoms with van der Waals surface area (Å²) in [7, 11) is 0. The average Bonchev–Trinajstić information content (AvgIpc) is 2.49. The molecule has 1 aromatic carbocycles. The fourth-order valence-corrected chi connectivity index (χ4v) is 1.40. The van der Waals surface area contributed by atoms with Crippen LogP contribution in [0, 0.1) is 0 Å². The zero-order chi connectivity index (χ0) is 8.55. The summed E-state index contributed by atoms with van der Waals surface area (Å²) in [6.07, 6.45) is 0. The Morgan fingerprint density at radius 2 is 2.33 bits per heavy atom. The van der Waals surface area contributed by atoms with E-state index in [0.29, 0.717) is 4.83 Å². The van der Waals surface area contributed by atoms with Gasteiger partial charge in [-0.3, -0.25) is 5.10 Å². The summed E-state index contributed by atoms with van der Waals surface area (Å²) < 4.78 is 0. The molecule has 0 aliphatic rings. The SMILES string of the molecule is CC(Br)c1ccc2nn[nH]c2c1. The highest BCUT2D eigenvalue weighted by molar-refractivity contribution is 9.09. The van der Waals surface area contributed by atoms with E-state index in [1.165, 1.54) is 5.56 Å². The minimum Gasteiger partial charge on any atom is -0.258 e. The Morgan fingerprint density at radius 3 is 3.08 bits per heavy atom. The number of nitrogens with zero attached hydrogens (tertiary/aromatic N) is 2. The first-order chi connectivity index (χ1) is 5.77. The molecule has 1 unspecified atom stereocenters. The van der Waals surface area contributed by atoms with Crippen molar-refractivity contribution in [1.29, 1.82) is 0 Å². The van der Waals surface area contributed by atoms with Crippen LogP contribution >= 0.6 is 15.9 Å². The zero-order valence-electron chi connectivity index (χ0n) is 6.58. The van der Waals surface area contributed by atoms with Crippen molar-refractivity contribution in [3.8, 4) is 0 Å². The molecule has 1 aromatic heterocycles. The Kier molecular flexibility index (Phi) is 1.84. The molecular weight excluding hydrogens is 218 g/mol. The fourth-order valence-electron chi connectivity index (χ4n) is 1.11. The Labute approximate surface area is 78.3 Å². The summed E-state index contributed by atoms with van der Waals surface area (Å²) in [6, 6.07) is 6.06. The van der Waals surface area contributed by atoms with E-state index < -0.39 is 0 Å². The van der Waals surface area contributed by atoms with Crippen LogP contribution in [-0.4, -0.2) is 15.4 Å². The minimum atomic E-state index is 0.366. The number of aromatic nitrogens is 3. The highest BCUT2D eigenvalue weighted by Crippen LogP contribution is 2.23. The number of halogens is 1. The Bertz CT molecular complexity index is 394. The minimum absolute atomic E-state index is 0.366. The van der Waals surface area contributed by atoms with E-state index in [9.17, 15) is 0 Å². The Hall–Kier alpha value is -0.900. The standard InChI is InChI=1S/C8H8BrN3/c1-5(9)6-2-3-7-8(4-6)11-12-10-7/h2-5H,1H3,(H,10,11,12). The molecule has 62 valence electrons. The third kappa shape index (κ3) is 1.22. The molecule has 1 N–H and O–H groups in total. The van der Waals surface area contributed by atoms with Crippen molar-refractivity contribution < 1.29 is 0 Å². The number of H-pyrrole nitrogens is 1. The summed E-state index contributed by atoms with van der Waals surface area (Å²) in [5.41, 5.74) is 3.12. The van der Waals surface area contributed by atoms with Gasteiger partial charge in [0.25, 0.3) is 0 Å². The largest absolute Gasteiger partial charge is 0.258 e. The van der Waals surface area contributed by atoms with Gasteiger partial charge in [0, 0.05) is 4.83 Å². The lowest BCUT2D eigenvalue weighted by molar-refractivity contribution is 0.959. The number of hydrogen-bond donors (Lipinski definition) is 1. The molecular formula is C8H8BrN3. The van der Waals surface area contributed by atoms with E-state index in [1.54, 1.807) is 0 Å². The first-order valence-corrected chi connectivity index (χ1v) is 4.64. The molecule has 2 aromatic rings. The van der Waals surface area contributed by atoms with Crippen LogP contribution in [0.5, 0.6) is 0 Å². The van der Waals surface area contributed by atoms with Crippen LogP contribution in [0.2, 0.25) is 0 Å². The third-order valence-corrected chi connectivity index (χ3v) is 2.34. The molecule has 2 rings (SSSR count). The van der Waals surface area contributed by atoms with Crippen molar-refractivity contribution in [3.63, 3.8) is 0 Å².